The largest absolute Gasteiger partial charge is 0.475 e. The van der Waals surface area contributed by atoms with Crippen LogP contribution in [0.5, 0.6) is 0 Å². The smallest absolute Gasteiger partial charge is 0.372 e. The maximum atomic E-state index is 12.8. The van der Waals surface area contributed by atoms with E-state index >= 15 is 0 Å². The van der Waals surface area contributed by atoms with Gasteiger partial charge in [-0.1, -0.05) is 12.1 Å². The van der Waals surface area contributed by atoms with Crippen molar-refractivity contribution in [2.24, 2.45) is 0 Å². The number of Topliss-reactive ketones (excluding diaryl/α,β-unsaturated/α-hetero) is 2. The van der Waals surface area contributed by atoms with Crippen LogP contribution in [0.1, 0.15) is 27.2 Å². The van der Waals surface area contributed by atoms with Gasteiger partial charge in [-0.2, -0.15) is 0 Å². The Bertz CT molecular complexity index is 688. The van der Waals surface area contributed by atoms with Crippen molar-refractivity contribution in [3.8, 4) is 0 Å². The zero-order valence-corrected chi connectivity index (χ0v) is 11.7. The van der Waals surface area contributed by atoms with Crippen LogP contribution in [-0.4, -0.2) is 22.6 Å². The molecule has 2 rings (SSSR count). The molecule has 6 heteroatoms. The number of rotatable bonds is 6. The highest BCUT2D eigenvalue weighted by Crippen LogP contribution is 2.20. The first-order valence-corrected chi connectivity index (χ1v) is 6.95. The van der Waals surface area contributed by atoms with Crippen LogP contribution in [0.15, 0.2) is 35.7 Å². The highest BCUT2D eigenvalue weighted by molar-refractivity contribution is 7.12. The van der Waals surface area contributed by atoms with Gasteiger partial charge in [0.05, 0.1) is 11.3 Å². The second kappa shape index (κ2) is 6.41. The number of thiophene rings is 1. The number of hydrogen-bond donors (Lipinski definition) is 1. The lowest BCUT2D eigenvalue weighted by Crippen LogP contribution is -2.16. The van der Waals surface area contributed by atoms with Gasteiger partial charge in [0.15, 0.2) is 5.78 Å². The van der Waals surface area contributed by atoms with Crippen LogP contribution in [0.3, 0.4) is 0 Å². The predicted octanol–water partition coefficient (Wildman–Crippen LogP) is 2.70. The normalized spacial score (nSPS) is 10.3. The molecule has 4 nitrogen and oxygen atoms in total. The van der Waals surface area contributed by atoms with E-state index in [-0.39, 0.29) is 5.82 Å². The summed E-state index contributed by atoms with van der Waals surface area (Å²) in [5, 5.41) is 10.2. The Labute approximate surface area is 123 Å². The zero-order valence-electron chi connectivity index (χ0n) is 10.8. The Balaban J connectivity index is 2.04. The number of aliphatic carboxylic acids is 1. The third-order valence-electron chi connectivity index (χ3n) is 2.81. The van der Waals surface area contributed by atoms with Gasteiger partial charge in [0.1, 0.15) is 5.82 Å². The first-order chi connectivity index (χ1) is 9.95. The highest BCUT2D eigenvalue weighted by Gasteiger charge is 2.19. The molecule has 0 spiro atoms. The predicted molar refractivity (Wildman–Crippen MR) is 75.1 cm³/mol. The summed E-state index contributed by atoms with van der Waals surface area (Å²) < 4.78 is 12.8. The molecule has 0 bridgehead atoms. The van der Waals surface area contributed by atoms with Gasteiger partial charge in [0.2, 0.25) is 5.78 Å². The minimum atomic E-state index is -1.61. The minimum Gasteiger partial charge on any atom is -0.475 e. The minimum absolute atomic E-state index is 0.313. The van der Waals surface area contributed by atoms with Crippen molar-refractivity contribution in [1.82, 2.24) is 0 Å². The molecule has 0 fully saturated rings. The van der Waals surface area contributed by atoms with Gasteiger partial charge in [-0.15, -0.1) is 11.3 Å². The standard InChI is InChI=1S/C15H11FO4S/c16-11-3-1-9(2-4-11)5-10-6-14(21-8-10)12(17)7-13(18)15(19)20/h1-4,6,8H,5,7H2,(H,19,20). The van der Waals surface area contributed by atoms with Gasteiger partial charge < -0.3 is 5.11 Å². The van der Waals surface area contributed by atoms with Gasteiger partial charge in [-0.05, 0) is 41.1 Å². The Morgan fingerprint density at radius 2 is 1.76 bits per heavy atom. The van der Waals surface area contributed by atoms with E-state index in [1.807, 2.05) is 0 Å². The molecule has 0 saturated carbocycles. The van der Waals surface area contributed by atoms with Crippen LogP contribution >= 0.6 is 11.3 Å². The van der Waals surface area contributed by atoms with Gasteiger partial charge in [-0.25, -0.2) is 9.18 Å². The van der Waals surface area contributed by atoms with Crippen LogP contribution in [0.2, 0.25) is 0 Å². The van der Waals surface area contributed by atoms with Crippen LogP contribution < -0.4 is 0 Å². The van der Waals surface area contributed by atoms with Crippen molar-refractivity contribution in [3.05, 3.63) is 57.5 Å². The summed E-state index contributed by atoms with van der Waals surface area (Å²) in [4.78, 5) is 33.5. The maximum Gasteiger partial charge on any atom is 0.372 e. The fourth-order valence-electron chi connectivity index (χ4n) is 1.76. The second-order valence-corrected chi connectivity index (χ2v) is 5.36. The number of carbonyl (C=O) groups excluding carboxylic acids is 2. The number of carboxylic acids is 1. The average molecular weight is 306 g/mol. The van der Waals surface area contributed by atoms with Gasteiger partial charge >= 0.3 is 5.97 Å². The summed E-state index contributed by atoms with van der Waals surface area (Å²) >= 11 is 1.16. The van der Waals surface area contributed by atoms with E-state index in [0.29, 0.717) is 11.3 Å². The lowest BCUT2D eigenvalue weighted by molar-refractivity contribution is -0.148. The van der Waals surface area contributed by atoms with Crippen molar-refractivity contribution >= 4 is 28.9 Å². The van der Waals surface area contributed by atoms with E-state index in [1.165, 1.54) is 12.1 Å². The Morgan fingerprint density at radius 1 is 1.10 bits per heavy atom. The molecule has 1 aromatic carbocycles. The Hall–Kier alpha value is -2.34. The van der Waals surface area contributed by atoms with Crippen molar-refractivity contribution in [2.75, 3.05) is 0 Å². The van der Waals surface area contributed by atoms with E-state index in [0.717, 1.165) is 22.5 Å². The van der Waals surface area contributed by atoms with E-state index in [4.69, 9.17) is 5.11 Å². The quantitative estimate of drug-likeness (QED) is 0.506. The monoisotopic (exact) mass is 306 g/mol. The molecule has 2 aromatic rings. The van der Waals surface area contributed by atoms with Crippen molar-refractivity contribution in [1.29, 1.82) is 0 Å². The molecule has 0 aliphatic rings. The summed E-state index contributed by atoms with van der Waals surface area (Å²) in [5.41, 5.74) is 1.76. The summed E-state index contributed by atoms with van der Waals surface area (Å²) in [5.74, 6) is -3.54. The summed E-state index contributed by atoms with van der Waals surface area (Å²) in [6.07, 6.45) is -0.0945. The van der Waals surface area contributed by atoms with E-state index < -0.39 is 24.0 Å². The number of carboxylic acid groups (broad SMARTS) is 1. The lowest BCUT2D eigenvalue weighted by Gasteiger charge is -1.98. The second-order valence-electron chi connectivity index (χ2n) is 4.45. The Kier molecular flexibility index (Phi) is 4.59. The number of hydrogen-bond acceptors (Lipinski definition) is 4. The SMILES string of the molecule is O=C(O)C(=O)CC(=O)c1cc(Cc2ccc(F)cc2)cs1. The molecule has 0 aliphatic heterocycles. The van der Waals surface area contributed by atoms with Crippen LogP contribution in [0.4, 0.5) is 4.39 Å². The first-order valence-electron chi connectivity index (χ1n) is 6.07. The van der Waals surface area contributed by atoms with Gasteiger partial charge in [-0.3, -0.25) is 9.59 Å². The molecule has 0 amide bonds. The fraction of sp³-hybridized carbons (Fsp3) is 0.133. The molecule has 0 radical (unpaired) electrons. The molecule has 0 unspecified atom stereocenters. The number of ketones is 2. The molecule has 1 aromatic heterocycles. The Morgan fingerprint density at radius 3 is 2.38 bits per heavy atom. The van der Waals surface area contributed by atoms with Crippen LogP contribution in [-0.2, 0) is 16.0 Å². The van der Waals surface area contributed by atoms with E-state index in [1.54, 1.807) is 23.6 Å². The molecule has 0 aliphatic carbocycles. The summed E-state index contributed by atoms with van der Waals surface area (Å²) in [6.45, 7) is 0. The average Bonchev–Trinajstić information content (AvgIpc) is 2.90. The van der Waals surface area contributed by atoms with Crippen LogP contribution in [0.25, 0.3) is 0 Å². The van der Waals surface area contributed by atoms with Crippen molar-refractivity contribution in [3.63, 3.8) is 0 Å². The van der Waals surface area contributed by atoms with E-state index in [9.17, 15) is 18.8 Å². The zero-order chi connectivity index (χ0) is 15.4. The molecule has 1 heterocycles. The molecule has 21 heavy (non-hydrogen) atoms. The molecule has 0 saturated heterocycles. The van der Waals surface area contributed by atoms with Gasteiger partial charge in [0.25, 0.3) is 0 Å². The van der Waals surface area contributed by atoms with Crippen molar-refractivity contribution < 1.29 is 23.9 Å². The lowest BCUT2D eigenvalue weighted by atomic mass is 10.1. The molecule has 0 atom stereocenters. The molecular formula is C15H11FO4S. The topological polar surface area (TPSA) is 71.4 Å². The number of halogens is 1. The number of benzene rings is 1. The summed E-state index contributed by atoms with van der Waals surface area (Å²) in [6, 6.07) is 7.66. The number of carbonyl (C=O) groups is 3. The van der Waals surface area contributed by atoms with Crippen molar-refractivity contribution in [2.45, 2.75) is 12.8 Å². The third-order valence-corrected chi connectivity index (χ3v) is 3.83. The molecule has 1 N–H and O–H groups in total. The fourth-order valence-corrected chi connectivity index (χ4v) is 2.61. The molecular weight excluding hydrogens is 295 g/mol. The van der Waals surface area contributed by atoms with Crippen LogP contribution in [0, 0.1) is 5.82 Å². The third kappa shape index (κ3) is 4.06. The first kappa shape index (κ1) is 15.1. The van der Waals surface area contributed by atoms with Gasteiger partial charge in [0, 0.05) is 0 Å². The maximum absolute atomic E-state index is 12.8. The molecule has 108 valence electrons. The summed E-state index contributed by atoms with van der Waals surface area (Å²) in [7, 11) is 0. The van der Waals surface area contributed by atoms with E-state index in [2.05, 4.69) is 0 Å². The highest BCUT2D eigenvalue weighted by atomic mass is 32.1.